The third-order valence-corrected chi connectivity index (χ3v) is 4.89. The van der Waals surface area contributed by atoms with Crippen molar-refractivity contribution >= 4 is 21.4 Å². The average molecular weight is 403 g/mol. The minimum absolute atomic E-state index is 0.258. The first-order valence-corrected chi connectivity index (χ1v) is 9.97. The number of nitrogens with one attached hydrogen (secondary N) is 1. The summed E-state index contributed by atoms with van der Waals surface area (Å²) in [6, 6.07) is 16.7. The van der Waals surface area contributed by atoms with Crippen LogP contribution in [0, 0.1) is 11.6 Å². The Morgan fingerprint density at radius 3 is 2.11 bits per heavy atom. The van der Waals surface area contributed by atoms with Crippen molar-refractivity contribution in [3.8, 4) is 11.5 Å². The van der Waals surface area contributed by atoms with Gasteiger partial charge in [-0.3, -0.25) is 4.79 Å². The highest BCUT2D eigenvalue weighted by molar-refractivity contribution is 7.90. The van der Waals surface area contributed by atoms with Crippen LogP contribution >= 0.6 is 0 Å². The zero-order chi connectivity index (χ0) is 20.3. The van der Waals surface area contributed by atoms with Gasteiger partial charge in [0, 0.05) is 11.9 Å². The smallest absolute Gasteiger partial charge is 0.261 e. The number of carbonyl (C=O) groups excluding carboxylic acids is 1. The van der Waals surface area contributed by atoms with Crippen molar-refractivity contribution in [3.63, 3.8) is 0 Å². The van der Waals surface area contributed by atoms with Crippen LogP contribution in [0.5, 0.6) is 11.5 Å². The molecule has 0 saturated carbocycles. The molecular formula is C20H15F2NO4S. The fraction of sp³-hybridized carbons (Fsp3) is 0.0500. The van der Waals surface area contributed by atoms with Crippen molar-refractivity contribution < 1.29 is 26.7 Å². The predicted octanol–water partition coefficient (Wildman–Crippen LogP) is 4.41. The van der Waals surface area contributed by atoms with Crippen molar-refractivity contribution in [1.29, 1.82) is 0 Å². The van der Waals surface area contributed by atoms with Crippen molar-refractivity contribution in [3.05, 3.63) is 83.9 Å². The maximum Gasteiger partial charge on any atom is 0.261 e. The van der Waals surface area contributed by atoms with Gasteiger partial charge in [0.25, 0.3) is 5.91 Å². The lowest BCUT2D eigenvalue weighted by Crippen LogP contribution is -2.18. The van der Waals surface area contributed by atoms with E-state index < -0.39 is 37.8 Å². The van der Waals surface area contributed by atoms with E-state index in [0.29, 0.717) is 11.5 Å². The molecule has 8 heteroatoms. The van der Waals surface area contributed by atoms with Crippen LogP contribution in [-0.4, -0.2) is 20.6 Å². The first-order chi connectivity index (χ1) is 13.3. The van der Waals surface area contributed by atoms with Gasteiger partial charge in [0.15, 0.2) is 15.7 Å². The summed E-state index contributed by atoms with van der Waals surface area (Å²) < 4.78 is 57.1. The molecule has 0 aliphatic rings. The highest BCUT2D eigenvalue weighted by Gasteiger charge is 2.24. The molecule has 144 valence electrons. The number of para-hydroxylation sites is 1. The lowest BCUT2D eigenvalue weighted by Gasteiger charge is -2.10. The Morgan fingerprint density at radius 2 is 1.50 bits per heavy atom. The summed E-state index contributed by atoms with van der Waals surface area (Å²) in [5.41, 5.74) is -0.707. The molecule has 0 unspecified atom stereocenters. The van der Waals surface area contributed by atoms with Gasteiger partial charge >= 0.3 is 0 Å². The Bertz CT molecular complexity index is 1110. The Hall–Kier alpha value is -3.26. The van der Waals surface area contributed by atoms with Crippen LogP contribution in [0.25, 0.3) is 0 Å². The second-order valence-electron chi connectivity index (χ2n) is 5.90. The first-order valence-electron chi connectivity index (χ1n) is 8.08. The van der Waals surface area contributed by atoms with Crippen LogP contribution < -0.4 is 10.1 Å². The van der Waals surface area contributed by atoms with Crippen LogP contribution in [0.1, 0.15) is 10.4 Å². The number of carbonyl (C=O) groups is 1. The molecule has 0 aliphatic heterocycles. The molecule has 3 rings (SSSR count). The summed E-state index contributed by atoms with van der Waals surface area (Å²) in [6.07, 6.45) is 0.774. The average Bonchev–Trinajstić information content (AvgIpc) is 2.63. The topological polar surface area (TPSA) is 72.5 Å². The van der Waals surface area contributed by atoms with E-state index in [1.807, 2.05) is 18.2 Å². The number of sulfone groups is 1. The van der Waals surface area contributed by atoms with Gasteiger partial charge in [0.1, 0.15) is 27.8 Å². The Balaban J connectivity index is 1.80. The van der Waals surface area contributed by atoms with Gasteiger partial charge in [0.2, 0.25) is 0 Å². The predicted molar refractivity (Wildman–Crippen MR) is 100 cm³/mol. The maximum absolute atomic E-state index is 14.4. The molecule has 0 fully saturated rings. The molecule has 0 atom stereocenters. The van der Waals surface area contributed by atoms with Gasteiger partial charge in [-0.05, 0) is 48.5 Å². The van der Waals surface area contributed by atoms with E-state index in [4.69, 9.17) is 4.74 Å². The maximum atomic E-state index is 14.4. The van der Waals surface area contributed by atoms with E-state index in [1.165, 1.54) is 12.1 Å². The van der Waals surface area contributed by atoms with Crippen molar-refractivity contribution in [2.75, 3.05) is 11.6 Å². The molecule has 0 spiro atoms. The first kappa shape index (κ1) is 19.5. The number of rotatable bonds is 5. The van der Waals surface area contributed by atoms with Gasteiger partial charge in [-0.2, -0.15) is 0 Å². The van der Waals surface area contributed by atoms with Gasteiger partial charge in [0.05, 0.1) is 0 Å². The van der Waals surface area contributed by atoms with Crippen LogP contribution in [-0.2, 0) is 9.84 Å². The summed E-state index contributed by atoms with van der Waals surface area (Å²) in [5, 5.41) is 2.34. The Morgan fingerprint density at radius 1 is 0.893 bits per heavy atom. The van der Waals surface area contributed by atoms with Gasteiger partial charge in [-0.15, -0.1) is 0 Å². The number of amides is 1. The number of benzene rings is 3. The second-order valence-corrected chi connectivity index (χ2v) is 7.88. The molecule has 28 heavy (non-hydrogen) atoms. The number of hydrogen-bond donors (Lipinski definition) is 1. The molecule has 0 heterocycles. The molecule has 1 N–H and O–H groups in total. The number of anilines is 1. The van der Waals surface area contributed by atoms with Crippen molar-refractivity contribution in [2.24, 2.45) is 0 Å². The Kier molecular flexibility index (Phi) is 5.41. The van der Waals surface area contributed by atoms with E-state index in [1.54, 1.807) is 24.3 Å². The van der Waals surface area contributed by atoms with Crippen LogP contribution in [0.2, 0.25) is 0 Å². The third kappa shape index (κ3) is 4.34. The summed E-state index contributed by atoms with van der Waals surface area (Å²) in [5.74, 6) is -2.56. The second kappa shape index (κ2) is 7.77. The number of ether oxygens (including phenoxy) is 1. The van der Waals surface area contributed by atoms with E-state index in [2.05, 4.69) is 5.32 Å². The van der Waals surface area contributed by atoms with E-state index in [-0.39, 0.29) is 5.69 Å². The van der Waals surface area contributed by atoms with E-state index in [0.717, 1.165) is 18.4 Å². The van der Waals surface area contributed by atoms with E-state index in [9.17, 15) is 22.0 Å². The minimum Gasteiger partial charge on any atom is -0.457 e. The van der Waals surface area contributed by atoms with Crippen molar-refractivity contribution in [2.45, 2.75) is 4.90 Å². The molecule has 0 radical (unpaired) electrons. The highest BCUT2D eigenvalue weighted by atomic mass is 32.2. The molecule has 0 bridgehead atoms. The number of hydrogen-bond acceptors (Lipinski definition) is 4. The molecule has 5 nitrogen and oxygen atoms in total. The van der Waals surface area contributed by atoms with Gasteiger partial charge in [-0.1, -0.05) is 18.2 Å². The number of halogens is 2. The fourth-order valence-corrected chi connectivity index (χ4v) is 3.20. The lowest BCUT2D eigenvalue weighted by molar-refractivity contribution is 0.101. The monoisotopic (exact) mass is 403 g/mol. The highest BCUT2D eigenvalue weighted by Crippen LogP contribution is 2.25. The summed E-state index contributed by atoms with van der Waals surface area (Å²) in [4.78, 5) is 11.5. The van der Waals surface area contributed by atoms with E-state index >= 15 is 0 Å². The quantitative estimate of drug-likeness (QED) is 0.641. The standard InChI is InChI=1S/C20H15F2NO4S/c1-28(25,26)17-12-11-16(21)18(19(17)22)20(24)23-13-7-9-15(10-8-13)27-14-5-3-2-4-6-14/h2-12H,1H3,(H,23,24). The van der Waals surface area contributed by atoms with Gasteiger partial charge in [-0.25, -0.2) is 17.2 Å². The summed E-state index contributed by atoms with van der Waals surface area (Å²) in [6.45, 7) is 0. The van der Waals surface area contributed by atoms with Crippen LogP contribution in [0.4, 0.5) is 14.5 Å². The molecular weight excluding hydrogens is 388 g/mol. The summed E-state index contributed by atoms with van der Waals surface area (Å²) >= 11 is 0. The van der Waals surface area contributed by atoms with Crippen LogP contribution in [0.3, 0.4) is 0 Å². The Labute approximate surface area is 160 Å². The van der Waals surface area contributed by atoms with Crippen LogP contribution in [0.15, 0.2) is 71.6 Å². The van der Waals surface area contributed by atoms with Crippen molar-refractivity contribution in [1.82, 2.24) is 0 Å². The zero-order valence-electron chi connectivity index (χ0n) is 14.6. The van der Waals surface area contributed by atoms with Gasteiger partial charge < -0.3 is 10.1 Å². The molecule has 0 aromatic heterocycles. The molecule has 3 aromatic rings. The lowest BCUT2D eigenvalue weighted by atomic mass is 10.1. The fourth-order valence-electron chi connectivity index (χ4n) is 2.45. The molecule has 1 amide bonds. The summed E-state index contributed by atoms with van der Waals surface area (Å²) in [7, 11) is -3.95. The molecule has 0 aliphatic carbocycles. The third-order valence-electron chi connectivity index (χ3n) is 3.77. The normalized spacial score (nSPS) is 11.1. The minimum atomic E-state index is -3.95. The largest absolute Gasteiger partial charge is 0.457 e. The molecule has 3 aromatic carbocycles. The zero-order valence-corrected chi connectivity index (χ0v) is 15.5. The molecule has 0 saturated heterocycles. The SMILES string of the molecule is CS(=O)(=O)c1ccc(F)c(C(=O)Nc2ccc(Oc3ccccc3)cc2)c1F.